The van der Waals surface area contributed by atoms with E-state index >= 15 is 0 Å². The van der Waals surface area contributed by atoms with Gasteiger partial charge >= 0.3 is 0 Å². The van der Waals surface area contributed by atoms with Crippen LogP contribution in [0.4, 0.5) is 0 Å². The molecule has 1 aliphatic rings. The van der Waals surface area contributed by atoms with Crippen LogP contribution in [0.15, 0.2) is 21.8 Å². The van der Waals surface area contributed by atoms with Gasteiger partial charge < -0.3 is 15.5 Å². The molecule has 0 bridgehead atoms. The van der Waals surface area contributed by atoms with Gasteiger partial charge in [-0.05, 0) is 67.1 Å². The first-order chi connectivity index (χ1) is 11.2. The molecule has 0 aromatic carbocycles. The number of aliphatic imine (C=N–C) groups is 1. The molecule has 1 fully saturated rings. The molecule has 2 rings (SSSR count). The molecule has 2 atom stereocenters. The summed E-state index contributed by atoms with van der Waals surface area (Å²) in [6.45, 7) is 13.1. The summed E-state index contributed by atoms with van der Waals surface area (Å²) in [5, 5.41) is 11.2. The minimum Gasteiger partial charge on any atom is -0.357 e. The van der Waals surface area contributed by atoms with Gasteiger partial charge in [0.05, 0.1) is 0 Å². The molecule has 0 amide bonds. The molecule has 0 spiro atoms. The molecule has 0 aliphatic carbocycles. The SMILES string of the molecule is CCNC(=NCC(C)CN1CCCC1)NCC(C)c1ccsc1.I. The third kappa shape index (κ3) is 7.70. The molecule has 0 saturated carbocycles. The smallest absolute Gasteiger partial charge is 0.191 e. The maximum atomic E-state index is 4.78. The first-order valence-corrected chi connectivity index (χ1v) is 9.90. The topological polar surface area (TPSA) is 39.7 Å². The summed E-state index contributed by atoms with van der Waals surface area (Å²) in [4.78, 5) is 7.35. The fourth-order valence-corrected chi connectivity index (χ4v) is 3.76. The van der Waals surface area contributed by atoms with Crippen molar-refractivity contribution in [3.05, 3.63) is 22.4 Å². The average Bonchev–Trinajstić information content (AvgIpc) is 3.23. The number of likely N-dealkylation sites (tertiary alicyclic amines) is 1. The van der Waals surface area contributed by atoms with Gasteiger partial charge in [-0.25, -0.2) is 0 Å². The molecule has 1 aromatic rings. The zero-order valence-corrected chi connectivity index (χ0v) is 18.4. The molecule has 0 radical (unpaired) electrons. The second kappa shape index (κ2) is 12.1. The monoisotopic (exact) mass is 464 g/mol. The van der Waals surface area contributed by atoms with Crippen LogP contribution in [0, 0.1) is 5.92 Å². The zero-order valence-electron chi connectivity index (χ0n) is 15.3. The number of nitrogens with one attached hydrogen (secondary N) is 2. The average molecular weight is 464 g/mol. The number of hydrogen-bond donors (Lipinski definition) is 2. The van der Waals surface area contributed by atoms with Crippen molar-refractivity contribution in [1.82, 2.24) is 15.5 Å². The predicted molar refractivity (Wildman–Crippen MR) is 117 cm³/mol. The Kier molecular flexibility index (Phi) is 10.9. The van der Waals surface area contributed by atoms with Gasteiger partial charge in [-0.2, -0.15) is 11.3 Å². The third-order valence-corrected chi connectivity index (χ3v) is 5.06. The summed E-state index contributed by atoms with van der Waals surface area (Å²) in [7, 11) is 0. The molecule has 4 nitrogen and oxygen atoms in total. The number of nitrogens with zero attached hydrogens (tertiary/aromatic N) is 2. The van der Waals surface area contributed by atoms with Gasteiger partial charge in [0.25, 0.3) is 0 Å². The number of halogens is 1. The van der Waals surface area contributed by atoms with Crippen LogP contribution in [0.1, 0.15) is 45.1 Å². The normalized spacial score (nSPS) is 18.0. The Morgan fingerprint density at radius 2 is 2.04 bits per heavy atom. The Bertz CT molecular complexity index is 458. The van der Waals surface area contributed by atoms with Gasteiger partial charge in [0.15, 0.2) is 5.96 Å². The van der Waals surface area contributed by atoms with Crippen molar-refractivity contribution in [2.75, 3.05) is 39.3 Å². The Morgan fingerprint density at radius 3 is 2.67 bits per heavy atom. The van der Waals surface area contributed by atoms with Crippen LogP contribution in [-0.4, -0.2) is 50.1 Å². The molecule has 2 heterocycles. The summed E-state index contributed by atoms with van der Waals surface area (Å²) in [6.07, 6.45) is 2.72. The van der Waals surface area contributed by atoms with Crippen LogP contribution in [-0.2, 0) is 0 Å². The number of rotatable bonds is 8. The fourth-order valence-electron chi connectivity index (χ4n) is 2.98. The fraction of sp³-hybridized carbons (Fsp3) is 0.722. The van der Waals surface area contributed by atoms with E-state index in [2.05, 4.69) is 53.1 Å². The molecule has 24 heavy (non-hydrogen) atoms. The predicted octanol–water partition coefficient (Wildman–Crippen LogP) is 3.76. The molecule has 138 valence electrons. The van der Waals surface area contributed by atoms with E-state index in [1.54, 1.807) is 11.3 Å². The van der Waals surface area contributed by atoms with E-state index in [4.69, 9.17) is 4.99 Å². The van der Waals surface area contributed by atoms with Crippen LogP contribution >= 0.6 is 35.3 Å². The Hall–Kier alpha value is -0.340. The third-order valence-electron chi connectivity index (χ3n) is 4.36. The molecule has 1 saturated heterocycles. The van der Waals surface area contributed by atoms with E-state index in [1.165, 1.54) is 38.0 Å². The van der Waals surface area contributed by atoms with Crippen molar-refractivity contribution in [2.24, 2.45) is 10.9 Å². The maximum Gasteiger partial charge on any atom is 0.191 e. The standard InChI is InChI=1S/C18H32N4S.HI/c1-4-19-18(21-12-16(3)17-7-10-23-14-17)20-11-15(2)13-22-8-5-6-9-22;/h7,10,14-16H,4-6,8-9,11-13H2,1-3H3,(H2,19,20,21);1H. The molecule has 1 aromatic heterocycles. The largest absolute Gasteiger partial charge is 0.357 e. The van der Waals surface area contributed by atoms with Gasteiger partial charge in [0, 0.05) is 26.2 Å². The highest BCUT2D eigenvalue weighted by Gasteiger charge is 2.14. The zero-order chi connectivity index (χ0) is 16.5. The molecule has 2 N–H and O–H groups in total. The molecular weight excluding hydrogens is 431 g/mol. The van der Waals surface area contributed by atoms with Crippen LogP contribution in [0.2, 0.25) is 0 Å². The molecule has 1 aliphatic heterocycles. The Morgan fingerprint density at radius 1 is 1.29 bits per heavy atom. The van der Waals surface area contributed by atoms with E-state index in [9.17, 15) is 0 Å². The van der Waals surface area contributed by atoms with E-state index < -0.39 is 0 Å². The summed E-state index contributed by atoms with van der Waals surface area (Å²) in [5.41, 5.74) is 1.40. The second-order valence-corrected chi connectivity index (χ2v) is 7.45. The highest BCUT2D eigenvalue weighted by Crippen LogP contribution is 2.17. The molecular formula is C18H33IN4S. The lowest BCUT2D eigenvalue weighted by Gasteiger charge is -2.20. The van der Waals surface area contributed by atoms with Gasteiger partial charge in [0.1, 0.15) is 0 Å². The minimum atomic E-state index is 0. The van der Waals surface area contributed by atoms with E-state index in [1.807, 2.05) is 0 Å². The number of thiophene rings is 1. The minimum absolute atomic E-state index is 0. The lowest BCUT2D eigenvalue weighted by molar-refractivity contribution is 0.291. The van der Waals surface area contributed by atoms with Gasteiger partial charge in [-0.15, -0.1) is 24.0 Å². The van der Waals surface area contributed by atoms with Gasteiger partial charge in [-0.3, -0.25) is 4.99 Å². The van der Waals surface area contributed by atoms with E-state index in [0.717, 1.165) is 25.6 Å². The quantitative estimate of drug-likeness (QED) is 0.350. The van der Waals surface area contributed by atoms with Crippen molar-refractivity contribution in [3.63, 3.8) is 0 Å². The van der Waals surface area contributed by atoms with Gasteiger partial charge in [0.2, 0.25) is 0 Å². The van der Waals surface area contributed by atoms with Crippen LogP contribution in [0.3, 0.4) is 0 Å². The van der Waals surface area contributed by atoms with Crippen molar-refractivity contribution in [3.8, 4) is 0 Å². The van der Waals surface area contributed by atoms with Gasteiger partial charge in [-0.1, -0.05) is 13.8 Å². The van der Waals surface area contributed by atoms with E-state index in [0.29, 0.717) is 11.8 Å². The molecule has 2 unspecified atom stereocenters. The van der Waals surface area contributed by atoms with Crippen molar-refractivity contribution >= 4 is 41.3 Å². The maximum absolute atomic E-state index is 4.78. The summed E-state index contributed by atoms with van der Waals surface area (Å²) >= 11 is 1.76. The van der Waals surface area contributed by atoms with Crippen molar-refractivity contribution in [1.29, 1.82) is 0 Å². The first kappa shape index (κ1) is 21.7. The number of guanidine groups is 1. The van der Waals surface area contributed by atoms with E-state index in [-0.39, 0.29) is 24.0 Å². The van der Waals surface area contributed by atoms with Crippen LogP contribution in [0.5, 0.6) is 0 Å². The lowest BCUT2D eigenvalue weighted by Crippen LogP contribution is -2.39. The summed E-state index contributed by atoms with van der Waals surface area (Å²) in [5.74, 6) is 2.06. The molecule has 6 heteroatoms. The Balaban J connectivity index is 0.00000288. The Labute approximate surface area is 168 Å². The summed E-state index contributed by atoms with van der Waals surface area (Å²) < 4.78 is 0. The second-order valence-electron chi connectivity index (χ2n) is 6.67. The first-order valence-electron chi connectivity index (χ1n) is 8.95. The highest BCUT2D eigenvalue weighted by atomic mass is 127. The number of hydrogen-bond acceptors (Lipinski definition) is 3. The van der Waals surface area contributed by atoms with Crippen molar-refractivity contribution < 1.29 is 0 Å². The summed E-state index contributed by atoms with van der Waals surface area (Å²) in [6, 6.07) is 2.21. The van der Waals surface area contributed by atoms with Crippen LogP contribution < -0.4 is 10.6 Å². The highest BCUT2D eigenvalue weighted by molar-refractivity contribution is 14.0. The van der Waals surface area contributed by atoms with Crippen molar-refractivity contribution in [2.45, 2.75) is 39.5 Å². The van der Waals surface area contributed by atoms with Crippen LogP contribution in [0.25, 0.3) is 0 Å². The lowest BCUT2D eigenvalue weighted by atomic mass is 10.1.